The van der Waals surface area contributed by atoms with E-state index in [0.717, 1.165) is 27.8 Å². The molecule has 0 heterocycles. The first-order valence-corrected chi connectivity index (χ1v) is 8.78. The minimum atomic E-state index is -1.02. The third-order valence-corrected chi connectivity index (χ3v) is 5.44. The van der Waals surface area contributed by atoms with Crippen molar-refractivity contribution in [3.8, 4) is 0 Å². The van der Waals surface area contributed by atoms with Gasteiger partial charge in [-0.2, -0.15) is 0 Å². The molecule has 2 aromatic carbocycles. The molecule has 0 fully saturated rings. The van der Waals surface area contributed by atoms with Gasteiger partial charge in [-0.1, -0.05) is 22.0 Å². The summed E-state index contributed by atoms with van der Waals surface area (Å²) >= 11 is 3.42. The predicted molar refractivity (Wildman–Crippen MR) is 87.1 cm³/mol. The highest BCUT2D eigenvalue weighted by Crippen LogP contribution is 2.25. The summed E-state index contributed by atoms with van der Waals surface area (Å²) in [6.45, 7) is 0. The highest BCUT2D eigenvalue weighted by Gasteiger charge is 2.13. The summed E-state index contributed by atoms with van der Waals surface area (Å²) in [4.78, 5) is 0.921. The average molecular weight is 350 g/mol. The lowest BCUT2D eigenvalue weighted by atomic mass is 10.1. The molecule has 2 aromatic rings. The van der Waals surface area contributed by atoms with E-state index in [0.29, 0.717) is 11.4 Å². The standard InChI is InChI=1S/C16H16BrNOS/c17-14-6-11(7-15(18)9-14)10-20(19)16-5-4-12-2-1-3-13(12)8-16/h4-9H,1-3,10,18H2. The van der Waals surface area contributed by atoms with Gasteiger partial charge in [0.25, 0.3) is 0 Å². The fraction of sp³-hybridized carbons (Fsp3) is 0.250. The van der Waals surface area contributed by atoms with Crippen LogP contribution in [0, 0.1) is 0 Å². The van der Waals surface area contributed by atoms with Gasteiger partial charge in [-0.25, -0.2) is 0 Å². The van der Waals surface area contributed by atoms with Crippen LogP contribution in [0.5, 0.6) is 0 Å². The molecular formula is C16H16BrNOS. The molecule has 3 rings (SSSR count). The molecular weight excluding hydrogens is 334 g/mol. The van der Waals surface area contributed by atoms with E-state index in [2.05, 4.69) is 28.1 Å². The molecule has 0 radical (unpaired) electrons. The molecule has 0 saturated carbocycles. The monoisotopic (exact) mass is 349 g/mol. The third-order valence-electron chi connectivity index (χ3n) is 3.61. The van der Waals surface area contributed by atoms with Crippen molar-refractivity contribution in [2.45, 2.75) is 29.9 Å². The zero-order chi connectivity index (χ0) is 14.1. The van der Waals surface area contributed by atoms with E-state index in [1.807, 2.05) is 24.3 Å². The molecule has 1 atom stereocenters. The second kappa shape index (κ2) is 5.70. The maximum absolute atomic E-state index is 12.5. The molecule has 2 N–H and O–H groups in total. The van der Waals surface area contributed by atoms with E-state index in [9.17, 15) is 4.21 Å². The molecule has 0 bridgehead atoms. The lowest BCUT2D eigenvalue weighted by molar-refractivity contribution is 0.682. The Hall–Kier alpha value is -1.13. The zero-order valence-corrected chi connectivity index (χ0v) is 13.5. The van der Waals surface area contributed by atoms with E-state index in [1.165, 1.54) is 17.5 Å². The molecule has 1 unspecified atom stereocenters. The summed E-state index contributed by atoms with van der Waals surface area (Å²) in [5, 5.41) is 0. The Labute approximate surface area is 130 Å². The molecule has 0 aliphatic heterocycles. The molecule has 4 heteroatoms. The van der Waals surface area contributed by atoms with Crippen molar-refractivity contribution >= 4 is 32.4 Å². The molecule has 2 nitrogen and oxygen atoms in total. The maximum Gasteiger partial charge on any atom is 0.0574 e. The van der Waals surface area contributed by atoms with Crippen molar-refractivity contribution in [2.75, 3.05) is 5.73 Å². The van der Waals surface area contributed by atoms with E-state index >= 15 is 0 Å². The molecule has 0 saturated heterocycles. The van der Waals surface area contributed by atoms with Gasteiger partial charge in [-0.3, -0.25) is 4.21 Å². The Kier molecular flexibility index (Phi) is 3.94. The smallest absolute Gasteiger partial charge is 0.0574 e. The van der Waals surface area contributed by atoms with E-state index in [-0.39, 0.29) is 0 Å². The van der Waals surface area contributed by atoms with Crippen LogP contribution in [0.3, 0.4) is 0 Å². The summed E-state index contributed by atoms with van der Waals surface area (Å²) in [6, 6.07) is 12.0. The van der Waals surface area contributed by atoms with Gasteiger partial charge in [0.05, 0.1) is 16.6 Å². The van der Waals surface area contributed by atoms with Crippen molar-refractivity contribution in [1.82, 2.24) is 0 Å². The van der Waals surface area contributed by atoms with Gasteiger partial charge >= 0.3 is 0 Å². The van der Waals surface area contributed by atoms with Crippen LogP contribution in [0.15, 0.2) is 45.8 Å². The highest BCUT2D eigenvalue weighted by molar-refractivity contribution is 9.10. The topological polar surface area (TPSA) is 43.1 Å². The second-order valence-corrected chi connectivity index (χ2v) is 7.53. The van der Waals surface area contributed by atoms with Crippen LogP contribution in [-0.4, -0.2) is 4.21 Å². The number of rotatable bonds is 3. The first-order chi connectivity index (χ1) is 9.61. The average Bonchev–Trinajstić information content (AvgIpc) is 2.84. The molecule has 0 amide bonds. The van der Waals surface area contributed by atoms with Crippen molar-refractivity contribution in [3.05, 3.63) is 57.6 Å². The normalized spacial score (nSPS) is 15.1. The van der Waals surface area contributed by atoms with Crippen molar-refractivity contribution in [2.24, 2.45) is 0 Å². The molecule has 0 aromatic heterocycles. The molecule has 1 aliphatic carbocycles. The number of halogens is 1. The molecule has 1 aliphatic rings. The Bertz CT molecular complexity index is 664. The predicted octanol–water partition coefficient (Wildman–Crippen LogP) is 3.83. The van der Waals surface area contributed by atoms with Crippen LogP contribution in [0.25, 0.3) is 0 Å². The Morgan fingerprint density at radius 1 is 1.10 bits per heavy atom. The molecule has 0 spiro atoms. The van der Waals surface area contributed by atoms with Gasteiger partial charge in [0.2, 0.25) is 0 Å². The number of aryl methyl sites for hydroxylation is 2. The number of benzene rings is 2. The number of hydrogen-bond donors (Lipinski definition) is 1. The largest absolute Gasteiger partial charge is 0.399 e. The lowest BCUT2D eigenvalue weighted by Gasteiger charge is -2.07. The van der Waals surface area contributed by atoms with Crippen LogP contribution in [0.1, 0.15) is 23.1 Å². The highest BCUT2D eigenvalue weighted by atomic mass is 79.9. The van der Waals surface area contributed by atoms with Gasteiger partial charge < -0.3 is 5.73 Å². The summed E-state index contributed by atoms with van der Waals surface area (Å²) < 4.78 is 13.4. The van der Waals surface area contributed by atoms with Gasteiger partial charge in [0, 0.05) is 15.1 Å². The van der Waals surface area contributed by atoms with E-state index < -0.39 is 10.8 Å². The van der Waals surface area contributed by atoms with E-state index in [1.54, 1.807) is 0 Å². The third kappa shape index (κ3) is 2.96. The number of nitrogen functional groups attached to an aromatic ring is 1. The molecule has 20 heavy (non-hydrogen) atoms. The number of anilines is 1. The summed E-state index contributed by atoms with van der Waals surface area (Å²) in [5.41, 5.74) is 10.3. The fourth-order valence-electron chi connectivity index (χ4n) is 2.68. The molecule has 104 valence electrons. The van der Waals surface area contributed by atoms with Gasteiger partial charge in [0.15, 0.2) is 0 Å². The van der Waals surface area contributed by atoms with Crippen molar-refractivity contribution in [1.29, 1.82) is 0 Å². The second-order valence-electron chi connectivity index (χ2n) is 5.17. The van der Waals surface area contributed by atoms with Crippen LogP contribution in [-0.2, 0) is 29.4 Å². The minimum absolute atomic E-state index is 0.502. The minimum Gasteiger partial charge on any atom is -0.399 e. The number of hydrogen-bond acceptors (Lipinski definition) is 2. The summed E-state index contributed by atoms with van der Waals surface area (Å²) in [7, 11) is -1.02. The first-order valence-electron chi connectivity index (χ1n) is 6.67. The Balaban J connectivity index is 1.82. The van der Waals surface area contributed by atoms with Crippen LogP contribution < -0.4 is 5.73 Å². The van der Waals surface area contributed by atoms with Crippen LogP contribution >= 0.6 is 15.9 Å². The summed E-state index contributed by atoms with van der Waals surface area (Å²) in [6.07, 6.45) is 3.49. The Morgan fingerprint density at radius 2 is 1.90 bits per heavy atom. The van der Waals surface area contributed by atoms with Crippen LogP contribution in [0.2, 0.25) is 0 Å². The zero-order valence-electron chi connectivity index (χ0n) is 11.1. The summed E-state index contributed by atoms with van der Waals surface area (Å²) in [5.74, 6) is 0.502. The number of nitrogens with two attached hydrogens (primary N) is 1. The van der Waals surface area contributed by atoms with Crippen LogP contribution in [0.4, 0.5) is 5.69 Å². The maximum atomic E-state index is 12.5. The quantitative estimate of drug-likeness (QED) is 0.855. The van der Waals surface area contributed by atoms with Gasteiger partial charge in [-0.15, -0.1) is 0 Å². The van der Waals surface area contributed by atoms with Crippen molar-refractivity contribution < 1.29 is 4.21 Å². The fourth-order valence-corrected chi connectivity index (χ4v) is 4.37. The number of fused-ring (bicyclic) bond motifs is 1. The Morgan fingerprint density at radius 3 is 2.70 bits per heavy atom. The lowest BCUT2D eigenvalue weighted by Crippen LogP contribution is -1.99. The van der Waals surface area contributed by atoms with E-state index in [4.69, 9.17) is 5.73 Å². The SMILES string of the molecule is Nc1cc(Br)cc(CS(=O)c2ccc3c(c2)CCC3)c1. The van der Waals surface area contributed by atoms with Gasteiger partial charge in [0.1, 0.15) is 0 Å². The van der Waals surface area contributed by atoms with Gasteiger partial charge in [-0.05, 0) is 66.3 Å². The first kappa shape index (κ1) is 13.8. The van der Waals surface area contributed by atoms with Crippen molar-refractivity contribution in [3.63, 3.8) is 0 Å².